The number of phenolic OH excluding ortho intramolecular Hbond substituents is 1. The molecule has 2 aromatic carbocycles. The summed E-state index contributed by atoms with van der Waals surface area (Å²) in [5, 5.41) is 9.21. The van der Waals surface area contributed by atoms with Crippen LogP contribution >= 0.6 is 24.2 Å². The molecule has 2 atom stereocenters. The fourth-order valence-electron chi connectivity index (χ4n) is 3.11. The van der Waals surface area contributed by atoms with Crippen LogP contribution in [-0.4, -0.2) is 55.2 Å². The lowest BCUT2D eigenvalue weighted by Crippen LogP contribution is -2.45. The topological polar surface area (TPSA) is 70.1 Å². The van der Waals surface area contributed by atoms with E-state index >= 15 is 0 Å². The van der Waals surface area contributed by atoms with Crippen LogP contribution in [0.1, 0.15) is 17.7 Å². The second kappa shape index (κ2) is 10.0. The Morgan fingerprint density at radius 1 is 1.17 bits per heavy atom. The lowest BCUT2D eigenvalue weighted by Gasteiger charge is -2.28. The number of ether oxygens (including phenoxy) is 1. The van der Waals surface area contributed by atoms with Crippen LogP contribution in [0.5, 0.6) is 5.75 Å². The molecule has 0 saturated heterocycles. The number of phenols is 1. The van der Waals surface area contributed by atoms with Crippen molar-refractivity contribution in [1.82, 2.24) is 4.90 Å². The Kier molecular flexibility index (Phi) is 7.96. The van der Waals surface area contributed by atoms with E-state index in [4.69, 9.17) is 4.74 Å². The van der Waals surface area contributed by atoms with Crippen LogP contribution < -0.4 is 4.90 Å². The molecule has 1 amide bonds. The molecule has 29 heavy (non-hydrogen) atoms. The first kappa shape index (κ1) is 23.1. The second-order valence-corrected chi connectivity index (χ2v) is 8.10. The van der Waals surface area contributed by atoms with E-state index in [1.807, 2.05) is 43.3 Å². The molecule has 2 aromatic rings. The number of fused-ring (bicyclic) bond motifs is 1. The number of benzene rings is 2. The Bertz CT molecular complexity index is 860. The Morgan fingerprint density at radius 3 is 2.45 bits per heavy atom. The van der Waals surface area contributed by atoms with Crippen molar-refractivity contribution in [2.45, 2.75) is 23.2 Å². The number of hydrogen-bond donors (Lipinski definition) is 1. The van der Waals surface area contributed by atoms with Gasteiger partial charge in [-0.2, -0.15) is 0 Å². The van der Waals surface area contributed by atoms with E-state index in [-0.39, 0.29) is 24.1 Å². The first-order valence-electron chi connectivity index (χ1n) is 9.05. The SMILES string of the molecule is CC(=O)O[C@@H]1C(=O)N(CCN(C)C)c2ccccc2SC1c1ccc(O)cc1.Cl. The first-order chi connectivity index (χ1) is 13.4. The number of aromatic hydroxyl groups is 1. The molecule has 0 radical (unpaired) electrons. The smallest absolute Gasteiger partial charge is 0.303 e. The zero-order chi connectivity index (χ0) is 20.3. The summed E-state index contributed by atoms with van der Waals surface area (Å²) in [5.74, 6) is -0.598. The zero-order valence-corrected chi connectivity index (χ0v) is 18.2. The number of anilines is 1. The van der Waals surface area contributed by atoms with Gasteiger partial charge in [-0.1, -0.05) is 24.3 Å². The Balaban J connectivity index is 0.00000300. The predicted octanol–water partition coefficient (Wildman–Crippen LogP) is 3.49. The van der Waals surface area contributed by atoms with Crippen molar-refractivity contribution in [3.05, 3.63) is 54.1 Å². The van der Waals surface area contributed by atoms with Gasteiger partial charge in [-0.25, -0.2) is 0 Å². The fraction of sp³-hybridized carbons (Fsp3) is 0.333. The van der Waals surface area contributed by atoms with Crippen molar-refractivity contribution in [2.24, 2.45) is 0 Å². The molecule has 6 nitrogen and oxygen atoms in total. The maximum atomic E-state index is 13.5. The van der Waals surface area contributed by atoms with E-state index in [0.717, 1.165) is 16.1 Å². The molecule has 0 spiro atoms. The minimum atomic E-state index is -0.957. The third-order valence-electron chi connectivity index (χ3n) is 4.48. The number of amides is 1. The van der Waals surface area contributed by atoms with Gasteiger partial charge in [0.05, 0.1) is 10.9 Å². The summed E-state index contributed by atoms with van der Waals surface area (Å²) in [6.07, 6.45) is -0.957. The van der Waals surface area contributed by atoms with Crippen LogP contribution in [0.2, 0.25) is 0 Å². The van der Waals surface area contributed by atoms with Crippen molar-refractivity contribution in [3.8, 4) is 5.75 Å². The van der Waals surface area contributed by atoms with Gasteiger partial charge in [0.25, 0.3) is 5.91 Å². The third kappa shape index (κ3) is 5.44. The van der Waals surface area contributed by atoms with E-state index in [1.165, 1.54) is 18.7 Å². The highest BCUT2D eigenvalue weighted by atomic mass is 35.5. The number of thioether (sulfide) groups is 1. The van der Waals surface area contributed by atoms with Crippen LogP contribution in [0.4, 0.5) is 5.69 Å². The molecule has 0 aromatic heterocycles. The molecule has 0 fully saturated rings. The highest BCUT2D eigenvalue weighted by molar-refractivity contribution is 7.99. The summed E-state index contributed by atoms with van der Waals surface area (Å²) in [7, 11) is 3.90. The Morgan fingerprint density at radius 2 is 1.83 bits per heavy atom. The molecular weight excluding hydrogens is 412 g/mol. The molecule has 0 aliphatic carbocycles. The first-order valence-corrected chi connectivity index (χ1v) is 9.92. The quantitative estimate of drug-likeness (QED) is 0.723. The number of halogens is 1. The third-order valence-corrected chi connectivity index (χ3v) is 5.85. The number of esters is 1. The van der Waals surface area contributed by atoms with Gasteiger partial charge in [0.2, 0.25) is 0 Å². The standard InChI is InChI=1S/C21H24N2O4S.ClH/c1-14(24)27-19-20(15-8-10-16(25)11-9-15)28-18-7-5-4-6-17(18)23(21(19)26)13-12-22(2)3;/h4-11,19-20,25H,12-13H2,1-3H3;1H/t19-,20?;/m0./s1. The van der Waals surface area contributed by atoms with E-state index in [9.17, 15) is 14.7 Å². The normalized spacial score (nSPS) is 18.6. The molecule has 3 rings (SSSR count). The minimum absolute atomic E-state index is 0. The van der Waals surface area contributed by atoms with Crippen LogP contribution in [0, 0.1) is 0 Å². The van der Waals surface area contributed by atoms with Gasteiger partial charge in [0.1, 0.15) is 5.75 Å². The minimum Gasteiger partial charge on any atom is -0.508 e. The van der Waals surface area contributed by atoms with Crippen LogP contribution in [-0.2, 0) is 14.3 Å². The summed E-state index contributed by atoms with van der Waals surface area (Å²) in [4.78, 5) is 29.9. The second-order valence-electron chi connectivity index (χ2n) is 6.92. The highest BCUT2D eigenvalue weighted by Crippen LogP contribution is 2.46. The van der Waals surface area contributed by atoms with Crippen LogP contribution in [0.3, 0.4) is 0 Å². The number of rotatable bonds is 5. The van der Waals surface area contributed by atoms with E-state index < -0.39 is 17.3 Å². The maximum Gasteiger partial charge on any atom is 0.303 e. The molecule has 1 aliphatic rings. The largest absolute Gasteiger partial charge is 0.508 e. The summed E-state index contributed by atoms with van der Waals surface area (Å²) in [5.41, 5.74) is 1.63. The molecule has 8 heteroatoms. The van der Waals surface area contributed by atoms with Gasteiger partial charge in [-0.15, -0.1) is 24.2 Å². The van der Waals surface area contributed by atoms with Gasteiger partial charge >= 0.3 is 5.97 Å². The molecular formula is C21H25ClN2O4S. The summed E-state index contributed by atoms with van der Waals surface area (Å²) in [6.45, 7) is 2.49. The average Bonchev–Trinajstić information content (AvgIpc) is 2.76. The van der Waals surface area contributed by atoms with E-state index in [1.54, 1.807) is 29.2 Å². The average molecular weight is 437 g/mol. The molecule has 1 aliphatic heterocycles. The number of carbonyl (C=O) groups is 2. The molecule has 1 heterocycles. The van der Waals surface area contributed by atoms with E-state index in [2.05, 4.69) is 0 Å². The van der Waals surface area contributed by atoms with Crippen molar-refractivity contribution in [3.63, 3.8) is 0 Å². The molecule has 1 N–H and O–H groups in total. The predicted molar refractivity (Wildman–Crippen MR) is 117 cm³/mol. The van der Waals surface area contributed by atoms with Crippen molar-refractivity contribution in [1.29, 1.82) is 0 Å². The molecule has 0 bridgehead atoms. The van der Waals surface area contributed by atoms with Crippen molar-refractivity contribution in [2.75, 3.05) is 32.1 Å². The van der Waals surface area contributed by atoms with Gasteiger partial charge in [0, 0.05) is 24.9 Å². The highest BCUT2D eigenvalue weighted by Gasteiger charge is 2.40. The van der Waals surface area contributed by atoms with Crippen LogP contribution in [0.15, 0.2) is 53.4 Å². The van der Waals surface area contributed by atoms with Crippen molar-refractivity contribution < 1.29 is 19.4 Å². The van der Waals surface area contributed by atoms with Crippen molar-refractivity contribution >= 4 is 41.7 Å². The zero-order valence-electron chi connectivity index (χ0n) is 16.6. The number of likely N-dealkylation sites (N-methyl/N-ethyl adjacent to an activating group) is 1. The summed E-state index contributed by atoms with van der Waals surface area (Å²) in [6, 6.07) is 14.4. The van der Waals surface area contributed by atoms with Gasteiger partial charge in [0.15, 0.2) is 6.10 Å². The number of hydrogen-bond acceptors (Lipinski definition) is 6. The Labute approximate surface area is 181 Å². The molecule has 1 unspecified atom stereocenters. The Hall–Kier alpha value is -2.22. The lowest BCUT2D eigenvalue weighted by molar-refractivity contribution is -0.152. The fourth-order valence-corrected chi connectivity index (χ4v) is 4.43. The number of carbonyl (C=O) groups excluding carboxylic acids is 2. The lowest BCUT2D eigenvalue weighted by atomic mass is 10.1. The number of nitrogens with zero attached hydrogens (tertiary/aromatic N) is 2. The maximum absolute atomic E-state index is 13.5. The van der Waals surface area contributed by atoms with E-state index in [0.29, 0.717) is 13.1 Å². The van der Waals surface area contributed by atoms with Gasteiger partial charge in [-0.05, 0) is 43.9 Å². The molecule has 0 saturated carbocycles. The van der Waals surface area contributed by atoms with Gasteiger partial charge in [-0.3, -0.25) is 9.59 Å². The molecule has 156 valence electrons. The monoisotopic (exact) mass is 436 g/mol. The summed E-state index contributed by atoms with van der Waals surface area (Å²) >= 11 is 1.49. The number of para-hydroxylation sites is 1. The summed E-state index contributed by atoms with van der Waals surface area (Å²) < 4.78 is 5.52. The van der Waals surface area contributed by atoms with Gasteiger partial charge < -0.3 is 19.6 Å². The van der Waals surface area contributed by atoms with Crippen LogP contribution in [0.25, 0.3) is 0 Å².